The van der Waals surface area contributed by atoms with Crippen LogP contribution >= 0.6 is 0 Å². The minimum absolute atomic E-state index is 0.141. The van der Waals surface area contributed by atoms with E-state index in [2.05, 4.69) is 0 Å². The van der Waals surface area contributed by atoms with Gasteiger partial charge in [0.25, 0.3) is 0 Å². The molecule has 1 aromatic carbocycles. The van der Waals surface area contributed by atoms with Gasteiger partial charge in [0.15, 0.2) is 5.41 Å². The number of alkyl halides is 3. The zero-order valence-electron chi connectivity index (χ0n) is 12.4. The second-order valence-electron chi connectivity index (χ2n) is 5.44. The first-order valence-electron chi connectivity index (χ1n) is 6.91. The maximum Gasteiger partial charge on any atom is 0.406 e. The molecule has 5 nitrogen and oxygen atoms in total. The molecule has 23 heavy (non-hydrogen) atoms. The molecular formula is C15H16F3NO4. The number of carbonyl (C=O) groups excluding carboxylic acids is 1. The molecule has 126 valence electrons. The molecule has 0 radical (unpaired) electrons. The van der Waals surface area contributed by atoms with Gasteiger partial charge < -0.3 is 14.7 Å². The fraction of sp³-hybridized carbons (Fsp3) is 0.467. The van der Waals surface area contributed by atoms with Crippen LogP contribution in [-0.4, -0.2) is 48.3 Å². The van der Waals surface area contributed by atoms with Crippen LogP contribution in [0.3, 0.4) is 0 Å². The van der Waals surface area contributed by atoms with Gasteiger partial charge in [0.1, 0.15) is 5.75 Å². The Morgan fingerprint density at radius 3 is 2.52 bits per heavy atom. The van der Waals surface area contributed by atoms with Crippen molar-refractivity contribution < 1.29 is 32.6 Å². The topological polar surface area (TPSA) is 66.8 Å². The number of hydrogen-bond donors (Lipinski definition) is 1. The molecule has 1 aromatic rings. The van der Waals surface area contributed by atoms with Crippen LogP contribution < -0.4 is 4.74 Å². The Morgan fingerprint density at radius 1 is 1.35 bits per heavy atom. The van der Waals surface area contributed by atoms with E-state index in [0.717, 1.165) is 4.90 Å². The number of nitrogens with zero attached hydrogens (tertiary/aromatic N) is 1. The van der Waals surface area contributed by atoms with Crippen molar-refractivity contribution in [3.63, 3.8) is 0 Å². The Balaban J connectivity index is 2.15. The highest BCUT2D eigenvalue weighted by Gasteiger charge is 2.64. The fourth-order valence-electron chi connectivity index (χ4n) is 2.67. The Morgan fingerprint density at radius 2 is 2.00 bits per heavy atom. The molecule has 1 atom stereocenters. The van der Waals surface area contributed by atoms with E-state index < -0.39 is 36.4 Å². The van der Waals surface area contributed by atoms with Crippen LogP contribution in [0.15, 0.2) is 24.3 Å². The number of halogens is 3. The second kappa shape index (κ2) is 6.10. The lowest BCUT2D eigenvalue weighted by molar-refractivity contribution is -0.227. The van der Waals surface area contributed by atoms with E-state index in [4.69, 9.17) is 9.84 Å². The quantitative estimate of drug-likeness (QED) is 0.918. The van der Waals surface area contributed by atoms with Gasteiger partial charge in [-0.25, -0.2) is 0 Å². The number of carboxylic acid groups (broad SMARTS) is 1. The lowest BCUT2D eigenvalue weighted by atomic mass is 9.86. The predicted octanol–water partition coefficient (Wildman–Crippen LogP) is 2.10. The molecule has 1 unspecified atom stereocenters. The maximum atomic E-state index is 13.1. The lowest BCUT2D eigenvalue weighted by Gasteiger charge is -2.27. The number of ether oxygens (including phenoxy) is 1. The minimum Gasteiger partial charge on any atom is -0.496 e. The molecule has 1 heterocycles. The van der Waals surface area contributed by atoms with Crippen molar-refractivity contribution in [3.05, 3.63) is 29.8 Å². The molecule has 1 aliphatic heterocycles. The van der Waals surface area contributed by atoms with Gasteiger partial charge >= 0.3 is 12.1 Å². The van der Waals surface area contributed by atoms with Crippen LogP contribution in [0.5, 0.6) is 5.75 Å². The van der Waals surface area contributed by atoms with Crippen molar-refractivity contribution in [2.24, 2.45) is 5.41 Å². The van der Waals surface area contributed by atoms with E-state index in [0.29, 0.717) is 11.3 Å². The summed E-state index contributed by atoms with van der Waals surface area (Å²) in [7, 11) is 1.43. The SMILES string of the molecule is COc1ccccc1CC(=O)N1CCC(C(=O)O)(C(F)(F)F)C1. The zero-order valence-corrected chi connectivity index (χ0v) is 12.4. The smallest absolute Gasteiger partial charge is 0.406 e. The van der Waals surface area contributed by atoms with E-state index in [1.165, 1.54) is 7.11 Å². The Hall–Kier alpha value is -2.25. The van der Waals surface area contributed by atoms with E-state index in [9.17, 15) is 22.8 Å². The number of amides is 1. The van der Waals surface area contributed by atoms with E-state index in [-0.39, 0.29) is 13.0 Å². The summed E-state index contributed by atoms with van der Waals surface area (Å²) >= 11 is 0. The van der Waals surface area contributed by atoms with Gasteiger partial charge in [0.05, 0.1) is 13.5 Å². The standard InChI is InChI=1S/C15H16F3NO4/c1-23-11-5-3-2-4-10(11)8-12(20)19-7-6-14(9-19,13(21)22)15(16,17)18/h2-5H,6-9H2,1H3,(H,21,22). The number of para-hydroxylation sites is 1. The van der Waals surface area contributed by atoms with Crippen LogP contribution in [0.2, 0.25) is 0 Å². The fourth-order valence-corrected chi connectivity index (χ4v) is 2.67. The summed E-state index contributed by atoms with van der Waals surface area (Å²) < 4.78 is 44.4. The number of hydrogen-bond acceptors (Lipinski definition) is 3. The van der Waals surface area contributed by atoms with Crippen LogP contribution in [-0.2, 0) is 16.0 Å². The molecule has 1 amide bonds. The number of benzene rings is 1. The molecule has 0 aliphatic carbocycles. The van der Waals surface area contributed by atoms with Crippen LogP contribution in [0.1, 0.15) is 12.0 Å². The third kappa shape index (κ3) is 3.11. The molecule has 1 saturated heterocycles. The van der Waals surface area contributed by atoms with Crippen LogP contribution in [0.4, 0.5) is 13.2 Å². The minimum atomic E-state index is -4.90. The average Bonchev–Trinajstić information content (AvgIpc) is 2.94. The molecule has 0 aromatic heterocycles. The van der Waals surface area contributed by atoms with Gasteiger partial charge in [0, 0.05) is 18.7 Å². The normalized spacial score (nSPS) is 21.3. The van der Waals surface area contributed by atoms with Gasteiger partial charge in [-0.05, 0) is 12.5 Å². The first-order valence-corrected chi connectivity index (χ1v) is 6.91. The van der Waals surface area contributed by atoms with Gasteiger partial charge in [-0.1, -0.05) is 18.2 Å². The largest absolute Gasteiger partial charge is 0.496 e. The Kier molecular flexibility index (Phi) is 4.53. The van der Waals surface area contributed by atoms with Crippen LogP contribution in [0.25, 0.3) is 0 Å². The molecule has 2 rings (SSSR count). The summed E-state index contributed by atoms with van der Waals surface area (Å²) in [5, 5.41) is 8.99. The second-order valence-corrected chi connectivity index (χ2v) is 5.44. The highest BCUT2D eigenvalue weighted by Crippen LogP contribution is 2.45. The molecule has 1 fully saturated rings. The van der Waals surface area contributed by atoms with Crippen LogP contribution in [0, 0.1) is 5.41 Å². The third-order valence-corrected chi connectivity index (χ3v) is 4.11. The van der Waals surface area contributed by atoms with Crippen molar-refractivity contribution in [1.82, 2.24) is 4.90 Å². The number of rotatable bonds is 4. The van der Waals surface area contributed by atoms with E-state index in [1.807, 2.05) is 0 Å². The van der Waals surface area contributed by atoms with Crippen molar-refractivity contribution in [2.75, 3.05) is 20.2 Å². The van der Waals surface area contributed by atoms with E-state index >= 15 is 0 Å². The predicted molar refractivity (Wildman–Crippen MR) is 74.0 cm³/mol. The van der Waals surface area contributed by atoms with E-state index in [1.54, 1.807) is 24.3 Å². The third-order valence-electron chi connectivity index (χ3n) is 4.11. The van der Waals surface area contributed by atoms with Gasteiger partial charge in [-0.2, -0.15) is 13.2 Å². The summed E-state index contributed by atoms with van der Waals surface area (Å²) in [6.07, 6.45) is -5.68. The van der Waals surface area contributed by atoms with Crippen molar-refractivity contribution in [2.45, 2.75) is 19.0 Å². The Labute approximate surface area is 130 Å². The monoisotopic (exact) mass is 331 g/mol. The first kappa shape index (κ1) is 17.1. The molecule has 0 spiro atoms. The summed E-state index contributed by atoms with van der Waals surface area (Å²) in [6.45, 7) is -1.10. The molecular weight excluding hydrogens is 315 g/mol. The maximum absolute atomic E-state index is 13.1. The molecule has 1 aliphatic rings. The summed E-state index contributed by atoms with van der Waals surface area (Å²) in [6, 6.07) is 6.68. The van der Waals surface area contributed by atoms with Gasteiger partial charge in [-0.15, -0.1) is 0 Å². The zero-order chi connectivity index (χ0) is 17.3. The number of methoxy groups -OCH3 is 1. The number of carboxylic acids is 1. The first-order chi connectivity index (χ1) is 10.7. The highest BCUT2D eigenvalue weighted by atomic mass is 19.4. The molecule has 8 heteroatoms. The highest BCUT2D eigenvalue weighted by molar-refractivity contribution is 5.83. The number of likely N-dealkylation sites (tertiary alicyclic amines) is 1. The lowest BCUT2D eigenvalue weighted by Crippen LogP contribution is -2.47. The number of carbonyl (C=O) groups is 2. The summed E-state index contributed by atoms with van der Waals surface area (Å²) in [5.41, 5.74) is -2.34. The molecule has 1 N–H and O–H groups in total. The van der Waals surface area contributed by atoms with Crippen molar-refractivity contribution in [1.29, 1.82) is 0 Å². The molecule has 0 bridgehead atoms. The van der Waals surface area contributed by atoms with Gasteiger partial charge in [-0.3, -0.25) is 9.59 Å². The van der Waals surface area contributed by atoms with Crippen molar-refractivity contribution >= 4 is 11.9 Å². The summed E-state index contributed by atoms with van der Waals surface area (Å²) in [4.78, 5) is 24.3. The summed E-state index contributed by atoms with van der Waals surface area (Å²) in [5.74, 6) is -2.04. The van der Waals surface area contributed by atoms with Gasteiger partial charge in [0.2, 0.25) is 5.91 Å². The number of aliphatic carboxylic acids is 1. The van der Waals surface area contributed by atoms with Crippen molar-refractivity contribution in [3.8, 4) is 5.75 Å². The molecule has 0 saturated carbocycles. The average molecular weight is 331 g/mol. The Bertz CT molecular complexity index is 617.